The molecule has 2 rings (SSSR count). The zero-order valence-electron chi connectivity index (χ0n) is 10.9. The second-order valence-corrected chi connectivity index (χ2v) is 4.60. The average Bonchev–Trinajstić information content (AvgIpc) is 2.31. The summed E-state index contributed by atoms with van der Waals surface area (Å²) in [6.45, 7) is 3.95. The lowest BCUT2D eigenvalue weighted by Crippen LogP contribution is -2.12. The molecule has 0 fully saturated rings. The molecule has 0 bridgehead atoms. The molecule has 4 nitrogen and oxygen atoms in total. The summed E-state index contributed by atoms with van der Waals surface area (Å²) in [6, 6.07) is 10.2. The van der Waals surface area contributed by atoms with Crippen LogP contribution in [-0.2, 0) is 0 Å². The molecule has 2 aromatic rings. The fraction of sp³-hybridized carbons (Fsp3) is 0.133. The first-order chi connectivity index (χ1) is 8.95. The number of rotatable bonds is 2. The largest absolute Gasteiger partial charge is 0.506 e. The van der Waals surface area contributed by atoms with Crippen LogP contribution in [0.25, 0.3) is 0 Å². The number of phenols is 1. The van der Waals surface area contributed by atoms with Gasteiger partial charge in [0.2, 0.25) is 0 Å². The van der Waals surface area contributed by atoms with Gasteiger partial charge in [-0.05, 0) is 55.3 Å². The van der Waals surface area contributed by atoms with E-state index in [2.05, 4.69) is 5.32 Å². The maximum Gasteiger partial charge on any atom is 0.255 e. The number of hydrogen-bond donors (Lipinski definition) is 3. The van der Waals surface area contributed by atoms with Crippen LogP contribution in [0.1, 0.15) is 21.5 Å². The topological polar surface area (TPSA) is 75.3 Å². The van der Waals surface area contributed by atoms with Gasteiger partial charge in [0.05, 0.1) is 5.69 Å². The number of carbonyl (C=O) groups is 1. The Morgan fingerprint density at radius 1 is 1.11 bits per heavy atom. The molecule has 1 amide bonds. The molecular weight excluding hydrogens is 240 g/mol. The standard InChI is InChI=1S/C15H16N2O2/c1-9-5-10(2)7-12(6-9)17-15(19)11-3-4-14(18)13(16)8-11/h3-8,18H,16H2,1-2H3,(H,17,19). The fourth-order valence-corrected chi connectivity index (χ4v) is 1.95. The summed E-state index contributed by atoms with van der Waals surface area (Å²) >= 11 is 0. The smallest absolute Gasteiger partial charge is 0.255 e. The Balaban J connectivity index is 2.22. The third kappa shape index (κ3) is 3.04. The first-order valence-electron chi connectivity index (χ1n) is 5.94. The van der Waals surface area contributed by atoms with Gasteiger partial charge in [0.15, 0.2) is 0 Å². The maximum atomic E-state index is 12.1. The number of anilines is 2. The number of nitrogen functional groups attached to an aromatic ring is 1. The van der Waals surface area contributed by atoms with Crippen LogP contribution in [0.5, 0.6) is 5.75 Å². The Hall–Kier alpha value is -2.49. The molecule has 0 aliphatic carbocycles. The lowest BCUT2D eigenvalue weighted by atomic mass is 10.1. The van der Waals surface area contributed by atoms with E-state index in [1.807, 2.05) is 32.0 Å². The molecule has 4 heteroatoms. The second-order valence-electron chi connectivity index (χ2n) is 4.60. The van der Waals surface area contributed by atoms with Crippen LogP contribution in [0.4, 0.5) is 11.4 Å². The summed E-state index contributed by atoms with van der Waals surface area (Å²) in [6.07, 6.45) is 0. The van der Waals surface area contributed by atoms with Crippen LogP contribution >= 0.6 is 0 Å². The Morgan fingerprint density at radius 2 is 1.74 bits per heavy atom. The number of aryl methyl sites for hydroxylation is 2. The number of nitrogens with one attached hydrogen (secondary N) is 1. The van der Waals surface area contributed by atoms with Crippen molar-refractivity contribution in [2.75, 3.05) is 11.1 Å². The molecule has 0 aliphatic heterocycles. The summed E-state index contributed by atoms with van der Waals surface area (Å²) in [4.78, 5) is 12.1. The minimum atomic E-state index is -0.253. The third-order valence-electron chi connectivity index (χ3n) is 2.77. The zero-order valence-corrected chi connectivity index (χ0v) is 10.9. The number of nitrogens with two attached hydrogens (primary N) is 1. The van der Waals surface area contributed by atoms with Crippen LogP contribution in [0.3, 0.4) is 0 Å². The van der Waals surface area contributed by atoms with Gasteiger partial charge in [-0.3, -0.25) is 4.79 Å². The van der Waals surface area contributed by atoms with E-state index in [1.54, 1.807) is 0 Å². The normalized spacial score (nSPS) is 10.2. The van der Waals surface area contributed by atoms with E-state index in [0.717, 1.165) is 16.8 Å². The minimum absolute atomic E-state index is 0.0250. The fourth-order valence-electron chi connectivity index (χ4n) is 1.95. The molecule has 0 heterocycles. The van der Waals surface area contributed by atoms with E-state index in [9.17, 15) is 9.90 Å². The lowest BCUT2D eigenvalue weighted by Gasteiger charge is -2.08. The number of hydrogen-bond acceptors (Lipinski definition) is 3. The SMILES string of the molecule is Cc1cc(C)cc(NC(=O)c2ccc(O)c(N)c2)c1. The van der Waals surface area contributed by atoms with Crippen LogP contribution in [0, 0.1) is 13.8 Å². The van der Waals surface area contributed by atoms with Crippen molar-refractivity contribution in [3.8, 4) is 5.75 Å². The summed E-state index contributed by atoms with van der Waals surface area (Å²) in [5.41, 5.74) is 9.08. The van der Waals surface area contributed by atoms with Crippen molar-refractivity contribution in [1.29, 1.82) is 0 Å². The van der Waals surface area contributed by atoms with E-state index in [-0.39, 0.29) is 17.3 Å². The lowest BCUT2D eigenvalue weighted by molar-refractivity contribution is 0.102. The van der Waals surface area contributed by atoms with Crippen molar-refractivity contribution >= 4 is 17.3 Å². The van der Waals surface area contributed by atoms with Gasteiger partial charge in [-0.2, -0.15) is 0 Å². The summed E-state index contributed by atoms with van der Waals surface area (Å²) in [5.74, 6) is -0.278. The van der Waals surface area contributed by atoms with Crippen LogP contribution in [0.2, 0.25) is 0 Å². The van der Waals surface area contributed by atoms with Gasteiger partial charge in [-0.1, -0.05) is 6.07 Å². The molecule has 4 N–H and O–H groups in total. The molecule has 0 atom stereocenters. The van der Waals surface area contributed by atoms with Crippen molar-refractivity contribution in [3.63, 3.8) is 0 Å². The molecule has 98 valence electrons. The Labute approximate surface area is 111 Å². The molecule has 0 aliphatic rings. The van der Waals surface area contributed by atoms with Gasteiger partial charge in [-0.15, -0.1) is 0 Å². The Morgan fingerprint density at radius 3 is 2.32 bits per heavy atom. The number of carbonyl (C=O) groups excluding carboxylic acids is 1. The van der Waals surface area contributed by atoms with Gasteiger partial charge in [0, 0.05) is 11.3 Å². The molecule has 0 saturated carbocycles. The van der Waals surface area contributed by atoms with Gasteiger partial charge in [-0.25, -0.2) is 0 Å². The number of aromatic hydroxyl groups is 1. The molecular formula is C15H16N2O2. The van der Waals surface area contributed by atoms with Crippen LogP contribution in [-0.4, -0.2) is 11.0 Å². The van der Waals surface area contributed by atoms with Crippen molar-refractivity contribution in [2.24, 2.45) is 0 Å². The summed E-state index contributed by atoms with van der Waals surface area (Å²) in [5, 5.41) is 12.1. The Bertz CT molecular complexity index is 616. The van der Waals surface area contributed by atoms with Crippen LogP contribution < -0.4 is 11.1 Å². The quantitative estimate of drug-likeness (QED) is 0.571. The molecule has 0 radical (unpaired) electrons. The van der Waals surface area contributed by atoms with Gasteiger partial charge in [0.1, 0.15) is 5.75 Å². The van der Waals surface area contributed by atoms with E-state index in [1.165, 1.54) is 18.2 Å². The van der Waals surface area contributed by atoms with E-state index in [4.69, 9.17) is 5.73 Å². The highest BCUT2D eigenvalue weighted by Crippen LogP contribution is 2.21. The number of phenolic OH excluding ortho intramolecular Hbond substituents is 1. The van der Waals surface area contributed by atoms with Crippen molar-refractivity contribution in [3.05, 3.63) is 53.1 Å². The molecule has 0 unspecified atom stereocenters. The van der Waals surface area contributed by atoms with Gasteiger partial charge >= 0.3 is 0 Å². The highest BCUT2D eigenvalue weighted by Gasteiger charge is 2.08. The predicted octanol–water partition coefficient (Wildman–Crippen LogP) is 2.84. The third-order valence-corrected chi connectivity index (χ3v) is 2.77. The number of amides is 1. The first-order valence-corrected chi connectivity index (χ1v) is 5.94. The molecule has 0 spiro atoms. The second kappa shape index (κ2) is 5.02. The average molecular weight is 256 g/mol. The summed E-state index contributed by atoms with van der Waals surface area (Å²) < 4.78 is 0. The molecule has 0 saturated heterocycles. The number of benzene rings is 2. The Kier molecular flexibility index (Phi) is 3.42. The monoisotopic (exact) mass is 256 g/mol. The molecule has 19 heavy (non-hydrogen) atoms. The maximum absolute atomic E-state index is 12.1. The van der Waals surface area contributed by atoms with Gasteiger partial charge < -0.3 is 16.2 Å². The van der Waals surface area contributed by atoms with Crippen LogP contribution in [0.15, 0.2) is 36.4 Å². The molecule has 2 aromatic carbocycles. The van der Waals surface area contributed by atoms with E-state index in [0.29, 0.717) is 5.56 Å². The van der Waals surface area contributed by atoms with Crippen molar-refractivity contribution < 1.29 is 9.90 Å². The zero-order chi connectivity index (χ0) is 14.0. The first kappa shape index (κ1) is 13.0. The van der Waals surface area contributed by atoms with Crippen molar-refractivity contribution in [1.82, 2.24) is 0 Å². The van der Waals surface area contributed by atoms with Gasteiger partial charge in [0.25, 0.3) is 5.91 Å². The highest BCUT2D eigenvalue weighted by atomic mass is 16.3. The van der Waals surface area contributed by atoms with E-state index < -0.39 is 0 Å². The van der Waals surface area contributed by atoms with Crippen molar-refractivity contribution in [2.45, 2.75) is 13.8 Å². The highest BCUT2D eigenvalue weighted by molar-refractivity contribution is 6.05. The molecule has 0 aromatic heterocycles. The van der Waals surface area contributed by atoms with E-state index >= 15 is 0 Å². The predicted molar refractivity (Wildman–Crippen MR) is 76.4 cm³/mol. The summed E-state index contributed by atoms with van der Waals surface area (Å²) in [7, 11) is 0. The minimum Gasteiger partial charge on any atom is -0.506 e.